The second-order valence-electron chi connectivity index (χ2n) is 13.7. The molecule has 0 spiro atoms. The molecule has 10 aromatic rings. The zero-order valence-corrected chi connectivity index (χ0v) is 38.3. The standard InChI is InChI=1S/C26H17BrO2.C18H12BrNO.C7H5ClO.CH2Cl2/c27-22-15-14-20(25-21-12-6-7-13-24(21)29-26(22)25)19-11-5-4-10-18(19)16-23(28)17-8-2-1-3-9-17;19-14-10-9-12(11-5-1-3-7-15(11)20)17-13-6-2-4-8-16(13)21-18(14)17;8-7(9)6-4-2-1-3-5-6;2-1-3/h1-15H,16H2;1-10H,20H2;1-5H;1H2. The average Bonchev–Trinajstić information content (AvgIpc) is 3.90. The molecule has 2 N–H and O–H groups in total. The molecule has 308 valence electrons. The van der Waals surface area contributed by atoms with Crippen LogP contribution in [-0.2, 0) is 6.42 Å². The minimum absolute atomic E-state index is 0.114. The molecule has 0 atom stereocenters. The Bertz CT molecular complexity index is 3150. The number of hydrogen-bond donors (Lipinski definition) is 1. The van der Waals surface area contributed by atoms with E-state index in [1.807, 2.05) is 127 Å². The van der Waals surface area contributed by atoms with Crippen molar-refractivity contribution < 1.29 is 18.4 Å². The van der Waals surface area contributed by atoms with Gasteiger partial charge < -0.3 is 14.6 Å². The molecule has 2 aromatic heterocycles. The molecule has 0 aliphatic rings. The number of Topliss-reactive ketones (excluding diaryl/α,β-unsaturated/α-hetero) is 1. The summed E-state index contributed by atoms with van der Waals surface area (Å²) >= 11 is 21.9. The zero-order chi connectivity index (χ0) is 43.6. The van der Waals surface area contributed by atoms with Gasteiger partial charge in [-0.15, -0.1) is 23.2 Å². The Balaban J connectivity index is 0.000000152. The molecule has 0 radical (unpaired) electrons. The van der Waals surface area contributed by atoms with Crippen LogP contribution in [-0.4, -0.2) is 16.4 Å². The monoisotopic (exact) mass is 1000 g/mol. The normalized spacial score (nSPS) is 10.7. The van der Waals surface area contributed by atoms with E-state index in [4.69, 9.17) is 49.4 Å². The molecule has 0 saturated carbocycles. The maximum atomic E-state index is 12.9. The van der Waals surface area contributed by atoms with Crippen molar-refractivity contribution in [2.45, 2.75) is 6.42 Å². The van der Waals surface area contributed by atoms with Gasteiger partial charge in [0.1, 0.15) is 22.3 Å². The Hall–Kier alpha value is -5.67. The first-order valence-electron chi connectivity index (χ1n) is 19.3. The highest BCUT2D eigenvalue weighted by atomic mass is 79.9. The summed E-state index contributed by atoms with van der Waals surface area (Å²) in [5.74, 6) is 0.114. The smallest absolute Gasteiger partial charge is 0.252 e. The van der Waals surface area contributed by atoms with E-state index in [0.29, 0.717) is 12.0 Å². The quantitative estimate of drug-likeness (QED) is 0.0776. The lowest BCUT2D eigenvalue weighted by molar-refractivity contribution is 0.0992. The Morgan fingerprint density at radius 1 is 0.484 bits per heavy atom. The van der Waals surface area contributed by atoms with Crippen LogP contribution in [0.5, 0.6) is 0 Å². The Morgan fingerprint density at radius 2 is 0.903 bits per heavy atom. The van der Waals surface area contributed by atoms with Crippen molar-refractivity contribution >= 4 is 127 Å². The zero-order valence-electron chi connectivity index (χ0n) is 32.8. The lowest BCUT2D eigenvalue weighted by Crippen LogP contribution is -2.04. The van der Waals surface area contributed by atoms with Crippen LogP contribution >= 0.6 is 66.7 Å². The molecule has 0 aliphatic heterocycles. The summed E-state index contributed by atoms with van der Waals surface area (Å²) < 4.78 is 14.0. The molecule has 8 aromatic carbocycles. The van der Waals surface area contributed by atoms with Crippen molar-refractivity contribution in [2.24, 2.45) is 0 Å². The summed E-state index contributed by atoms with van der Waals surface area (Å²) in [6.07, 6.45) is 0.355. The van der Waals surface area contributed by atoms with Crippen molar-refractivity contribution in [2.75, 3.05) is 11.1 Å². The Kier molecular flexibility index (Phi) is 15.0. The first kappa shape index (κ1) is 44.4. The van der Waals surface area contributed by atoms with Gasteiger partial charge >= 0.3 is 0 Å². The Labute approximate surface area is 390 Å². The number of furan rings is 2. The molecular weight excluding hydrogens is 969 g/mol. The number of hydrogen-bond acceptors (Lipinski definition) is 5. The maximum Gasteiger partial charge on any atom is 0.252 e. The van der Waals surface area contributed by atoms with Crippen LogP contribution in [0.4, 0.5) is 5.69 Å². The molecule has 0 saturated heterocycles. The summed E-state index contributed by atoms with van der Waals surface area (Å²) in [5.41, 5.74) is 16.9. The van der Waals surface area contributed by atoms with Gasteiger partial charge in [0.2, 0.25) is 0 Å². The van der Waals surface area contributed by atoms with E-state index in [1.54, 1.807) is 24.3 Å². The highest BCUT2D eigenvalue weighted by Gasteiger charge is 2.19. The molecular formula is C52H36Br2Cl3NO4. The van der Waals surface area contributed by atoms with Gasteiger partial charge in [0.25, 0.3) is 5.24 Å². The number of benzene rings is 8. The second-order valence-corrected chi connectivity index (χ2v) is 16.6. The van der Waals surface area contributed by atoms with Crippen molar-refractivity contribution in [3.63, 3.8) is 0 Å². The number of ketones is 1. The lowest BCUT2D eigenvalue weighted by Gasteiger charge is -2.11. The molecule has 2 heterocycles. The fourth-order valence-corrected chi connectivity index (χ4v) is 8.14. The van der Waals surface area contributed by atoms with Gasteiger partial charge in [-0.3, -0.25) is 9.59 Å². The van der Waals surface area contributed by atoms with E-state index >= 15 is 0 Å². The van der Waals surface area contributed by atoms with Crippen molar-refractivity contribution in [3.8, 4) is 22.3 Å². The third kappa shape index (κ3) is 10.00. The molecule has 5 nitrogen and oxygen atoms in total. The minimum Gasteiger partial charge on any atom is -0.455 e. The van der Waals surface area contributed by atoms with Crippen LogP contribution in [0.3, 0.4) is 0 Å². The van der Waals surface area contributed by atoms with Gasteiger partial charge in [-0.1, -0.05) is 152 Å². The number of halogens is 5. The Morgan fingerprint density at radius 3 is 1.40 bits per heavy atom. The van der Waals surface area contributed by atoms with E-state index in [2.05, 4.69) is 62.2 Å². The minimum atomic E-state index is -0.407. The summed E-state index contributed by atoms with van der Waals surface area (Å²) in [6.45, 7) is 0. The second kappa shape index (κ2) is 20.9. The van der Waals surface area contributed by atoms with Crippen LogP contribution < -0.4 is 5.73 Å². The first-order valence-corrected chi connectivity index (χ1v) is 22.3. The molecule has 10 rings (SSSR count). The number of rotatable bonds is 6. The molecule has 0 unspecified atom stereocenters. The van der Waals surface area contributed by atoms with Crippen molar-refractivity contribution in [1.82, 2.24) is 0 Å². The molecule has 0 fully saturated rings. The topological polar surface area (TPSA) is 86.4 Å². The average molecular weight is 1010 g/mol. The predicted octanol–water partition coefficient (Wildman–Crippen LogP) is 16.5. The van der Waals surface area contributed by atoms with Gasteiger partial charge in [-0.05, 0) is 96.0 Å². The summed E-state index contributed by atoms with van der Waals surface area (Å²) in [7, 11) is 0. The number of nitrogens with two attached hydrogens (primary N) is 1. The van der Waals surface area contributed by atoms with Gasteiger partial charge in [0, 0.05) is 50.3 Å². The van der Waals surface area contributed by atoms with E-state index in [0.717, 1.165) is 91.9 Å². The molecule has 0 aliphatic carbocycles. The summed E-state index contributed by atoms with van der Waals surface area (Å²) in [4.78, 5) is 23.3. The summed E-state index contributed by atoms with van der Waals surface area (Å²) in [5, 5.41) is 4.12. The van der Waals surface area contributed by atoms with Gasteiger partial charge in [0.15, 0.2) is 5.78 Å². The van der Waals surface area contributed by atoms with Crippen LogP contribution in [0, 0.1) is 0 Å². The van der Waals surface area contributed by atoms with E-state index in [1.165, 1.54) is 0 Å². The third-order valence-electron chi connectivity index (χ3n) is 9.96. The predicted molar refractivity (Wildman–Crippen MR) is 266 cm³/mol. The van der Waals surface area contributed by atoms with E-state index < -0.39 is 5.24 Å². The molecule has 0 bridgehead atoms. The van der Waals surface area contributed by atoms with Crippen LogP contribution in [0.25, 0.3) is 66.1 Å². The number of fused-ring (bicyclic) bond motifs is 6. The molecule has 10 heteroatoms. The van der Waals surface area contributed by atoms with E-state index in [-0.39, 0.29) is 11.1 Å². The maximum absolute atomic E-state index is 12.9. The van der Waals surface area contributed by atoms with E-state index in [9.17, 15) is 9.59 Å². The first-order chi connectivity index (χ1) is 30.2. The van der Waals surface area contributed by atoms with Gasteiger partial charge in [0.05, 0.1) is 14.3 Å². The van der Waals surface area contributed by atoms with Crippen LogP contribution in [0.15, 0.2) is 200 Å². The highest BCUT2D eigenvalue weighted by molar-refractivity contribution is 9.11. The fourth-order valence-electron chi connectivity index (χ4n) is 7.19. The van der Waals surface area contributed by atoms with Crippen LogP contribution in [0.1, 0.15) is 26.3 Å². The van der Waals surface area contributed by atoms with Crippen molar-refractivity contribution in [3.05, 3.63) is 208 Å². The number of carbonyl (C=O) groups is 2. The third-order valence-corrected chi connectivity index (χ3v) is 11.4. The number of anilines is 1. The van der Waals surface area contributed by atoms with Gasteiger partial charge in [-0.25, -0.2) is 0 Å². The fraction of sp³-hybridized carbons (Fsp3) is 0.0385. The highest BCUT2D eigenvalue weighted by Crippen LogP contribution is 2.43. The van der Waals surface area contributed by atoms with Crippen LogP contribution in [0.2, 0.25) is 0 Å². The number of para-hydroxylation sites is 3. The van der Waals surface area contributed by atoms with Gasteiger partial charge in [-0.2, -0.15) is 0 Å². The number of alkyl halides is 2. The number of carbonyl (C=O) groups excluding carboxylic acids is 2. The lowest BCUT2D eigenvalue weighted by atomic mass is 9.92. The SMILES string of the molecule is ClCCl.Nc1ccccc1-c1ccc(Br)c2oc3ccccc3c12.O=C(Cc1ccccc1-c1ccc(Br)c2oc3ccccc3c12)c1ccccc1.O=C(Cl)c1ccccc1. The largest absolute Gasteiger partial charge is 0.455 e. The summed E-state index contributed by atoms with van der Waals surface area (Å²) in [6, 6.07) is 58.5. The molecule has 0 amide bonds. The van der Waals surface area contributed by atoms with Crippen molar-refractivity contribution in [1.29, 1.82) is 0 Å². The molecule has 62 heavy (non-hydrogen) atoms. The number of nitrogen functional groups attached to an aromatic ring is 1.